The van der Waals surface area contributed by atoms with Gasteiger partial charge in [-0.3, -0.25) is 5.10 Å². The van der Waals surface area contributed by atoms with Gasteiger partial charge in [0, 0.05) is 10.8 Å². The van der Waals surface area contributed by atoms with Crippen molar-refractivity contribution in [2.45, 2.75) is 38.9 Å². The molecule has 0 unspecified atom stereocenters. The Labute approximate surface area is 111 Å². The number of hydrogen-bond donors (Lipinski definition) is 1. The van der Waals surface area contributed by atoms with Crippen molar-refractivity contribution in [3.05, 3.63) is 24.1 Å². The zero-order chi connectivity index (χ0) is 13.8. The van der Waals surface area contributed by atoms with Crippen LogP contribution in [-0.2, 0) is 9.31 Å². The van der Waals surface area contributed by atoms with Crippen LogP contribution in [0.15, 0.2) is 18.3 Å². The van der Waals surface area contributed by atoms with Crippen LogP contribution in [0.1, 0.15) is 27.7 Å². The van der Waals surface area contributed by atoms with Crippen molar-refractivity contribution in [3.8, 4) is 0 Å². The molecule has 6 heteroatoms. The largest absolute Gasteiger partial charge is 0.498 e. The van der Waals surface area contributed by atoms with Gasteiger partial charge in [0.1, 0.15) is 5.82 Å². The van der Waals surface area contributed by atoms with Crippen molar-refractivity contribution < 1.29 is 13.7 Å². The van der Waals surface area contributed by atoms with Crippen molar-refractivity contribution in [2.24, 2.45) is 0 Å². The summed E-state index contributed by atoms with van der Waals surface area (Å²) in [5.74, 6) is -0.340. The van der Waals surface area contributed by atoms with Gasteiger partial charge in [-0.15, -0.1) is 0 Å². The summed E-state index contributed by atoms with van der Waals surface area (Å²) >= 11 is 0. The Morgan fingerprint density at radius 1 is 1.16 bits per heavy atom. The normalized spacial score (nSPS) is 21.2. The van der Waals surface area contributed by atoms with Gasteiger partial charge in [0.25, 0.3) is 0 Å². The molecule has 1 aromatic heterocycles. The lowest BCUT2D eigenvalue weighted by atomic mass is 9.76. The van der Waals surface area contributed by atoms with Gasteiger partial charge in [0.05, 0.1) is 22.9 Å². The summed E-state index contributed by atoms with van der Waals surface area (Å²) in [6, 6.07) is 3.06. The quantitative estimate of drug-likeness (QED) is 0.799. The van der Waals surface area contributed by atoms with E-state index in [1.807, 2.05) is 27.7 Å². The van der Waals surface area contributed by atoms with Gasteiger partial charge < -0.3 is 9.31 Å². The molecule has 0 bridgehead atoms. The van der Waals surface area contributed by atoms with Gasteiger partial charge in [-0.2, -0.15) is 5.10 Å². The first-order chi connectivity index (χ1) is 8.82. The standard InChI is InChI=1S/C13H16BFN2O2/c1-12(2)13(3,4)19-14(18-12)11-8-7-16-17-10(8)6-5-9(11)15/h5-7H,1-4H3,(H,16,17). The molecule has 0 atom stereocenters. The molecule has 0 amide bonds. The van der Waals surface area contributed by atoms with Crippen LogP contribution in [0.2, 0.25) is 0 Å². The Bertz CT molecular complexity index is 623. The number of H-pyrrole nitrogens is 1. The van der Waals surface area contributed by atoms with Crippen molar-refractivity contribution in [2.75, 3.05) is 0 Å². The molecule has 1 saturated heterocycles. The Kier molecular flexibility index (Phi) is 2.53. The zero-order valence-corrected chi connectivity index (χ0v) is 11.5. The number of aromatic nitrogens is 2. The molecule has 100 valence electrons. The molecule has 1 fully saturated rings. The van der Waals surface area contributed by atoms with Crippen molar-refractivity contribution in [1.29, 1.82) is 0 Å². The second kappa shape index (κ2) is 3.80. The van der Waals surface area contributed by atoms with E-state index >= 15 is 0 Å². The number of benzene rings is 1. The first-order valence-corrected chi connectivity index (χ1v) is 6.29. The van der Waals surface area contributed by atoms with Crippen molar-refractivity contribution in [1.82, 2.24) is 10.2 Å². The minimum Gasteiger partial charge on any atom is -0.399 e. The van der Waals surface area contributed by atoms with Gasteiger partial charge in [-0.1, -0.05) is 0 Å². The predicted molar refractivity (Wildman–Crippen MR) is 71.8 cm³/mol. The van der Waals surface area contributed by atoms with Crippen molar-refractivity contribution in [3.63, 3.8) is 0 Å². The first kappa shape index (κ1) is 12.6. The summed E-state index contributed by atoms with van der Waals surface area (Å²) in [5, 5.41) is 7.46. The van der Waals surface area contributed by atoms with Crippen LogP contribution in [0.5, 0.6) is 0 Å². The molecule has 2 heterocycles. The van der Waals surface area contributed by atoms with Crippen LogP contribution in [0.3, 0.4) is 0 Å². The SMILES string of the molecule is CC1(C)OB(c2c(F)ccc3[nH]ncc23)OC1(C)C. The summed E-state index contributed by atoms with van der Waals surface area (Å²) in [5.41, 5.74) is 0.197. The minimum absolute atomic E-state index is 0.340. The van der Waals surface area contributed by atoms with Gasteiger partial charge in [-0.25, -0.2) is 4.39 Å². The molecular formula is C13H16BFN2O2. The maximum absolute atomic E-state index is 14.2. The van der Waals surface area contributed by atoms with Crippen LogP contribution in [0.4, 0.5) is 4.39 Å². The highest BCUT2D eigenvalue weighted by Gasteiger charge is 2.52. The Morgan fingerprint density at radius 2 is 1.79 bits per heavy atom. The summed E-state index contributed by atoms with van der Waals surface area (Å²) in [6.45, 7) is 7.78. The topological polar surface area (TPSA) is 47.1 Å². The Balaban J connectivity index is 2.12. The van der Waals surface area contributed by atoms with Crippen molar-refractivity contribution >= 4 is 23.5 Å². The van der Waals surface area contributed by atoms with E-state index in [1.54, 1.807) is 12.3 Å². The Hall–Kier alpha value is -1.40. The summed E-state index contributed by atoms with van der Waals surface area (Å²) in [4.78, 5) is 0. The highest BCUT2D eigenvalue weighted by atomic mass is 19.1. The molecule has 1 aliphatic rings. The third-order valence-corrected chi connectivity index (χ3v) is 4.10. The van der Waals surface area contributed by atoms with Crippen LogP contribution in [0, 0.1) is 5.82 Å². The molecule has 3 rings (SSSR count). The van der Waals surface area contributed by atoms with Gasteiger partial charge in [-0.05, 0) is 39.8 Å². The molecule has 19 heavy (non-hydrogen) atoms. The number of fused-ring (bicyclic) bond motifs is 1. The average molecular weight is 262 g/mol. The van der Waals surface area contributed by atoms with E-state index < -0.39 is 18.3 Å². The fraction of sp³-hybridized carbons (Fsp3) is 0.462. The Morgan fingerprint density at radius 3 is 2.42 bits per heavy atom. The lowest BCUT2D eigenvalue weighted by Crippen LogP contribution is -2.41. The van der Waals surface area contributed by atoms with E-state index in [2.05, 4.69) is 10.2 Å². The van der Waals surface area contributed by atoms with E-state index in [0.29, 0.717) is 10.8 Å². The fourth-order valence-electron chi connectivity index (χ4n) is 2.21. The molecule has 0 saturated carbocycles. The molecule has 1 aromatic carbocycles. The molecule has 1 N–H and O–H groups in total. The number of hydrogen-bond acceptors (Lipinski definition) is 3. The first-order valence-electron chi connectivity index (χ1n) is 6.29. The molecule has 0 spiro atoms. The molecular weight excluding hydrogens is 246 g/mol. The van der Waals surface area contributed by atoms with E-state index in [-0.39, 0.29) is 5.82 Å². The van der Waals surface area contributed by atoms with Crippen LogP contribution >= 0.6 is 0 Å². The van der Waals surface area contributed by atoms with Gasteiger partial charge in [0.15, 0.2) is 0 Å². The van der Waals surface area contributed by atoms with Gasteiger partial charge in [0.2, 0.25) is 0 Å². The molecule has 2 aromatic rings. The summed E-state index contributed by atoms with van der Waals surface area (Å²) in [6.07, 6.45) is 1.60. The number of halogens is 1. The number of nitrogens with one attached hydrogen (secondary N) is 1. The third-order valence-electron chi connectivity index (χ3n) is 4.10. The lowest BCUT2D eigenvalue weighted by molar-refractivity contribution is 0.00578. The molecule has 0 aliphatic carbocycles. The maximum Gasteiger partial charge on any atom is 0.498 e. The van der Waals surface area contributed by atoms with E-state index in [1.165, 1.54) is 6.07 Å². The van der Waals surface area contributed by atoms with Crippen LogP contribution < -0.4 is 5.46 Å². The smallest absolute Gasteiger partial charge is 0.399 e. The number of rotatable bonds is 1. The minimum atomic E-state index is -0.716. The molecule has 4 nitrogen and oxygen atoms in total. The lowest BCUT2D eigenvalue weighted by Gasteiger charge is -2.32. The monoisotopic (exact) mass is 262 g/mol. The average Bonchev–Trinajstić information content (AvgIpc) is 2.81. The van der Waals surface area contributed by atoms with Crippen LogP contribution in [-0.4, -0.2) is 28.5 Å². The predicted octanol–water partition coefficient (Wildman–Crippen LogP) is 2.00. The molecule has 1 aliphatic heterocycles. The number of nitrogens with zero attached hydrogens (tertiary/aromatic N) is 1. The van der Waals surface area contributed by atoms with E-state index in [0.717, 1.165) is 5.52 Å². The second-order valence-corrected chi connectivity index (χ2v) is 5.88. The third kappa shape index (κ3) is 1.78. The fourth-order valence-corrected chi connectivity index (χ4v) is 2.21. The second-order valence-electron chi connectivity index (χ2n) is 5.88. The zero-order valence-electron chi connectivity index (χ0n) is 11.5. The summed E-state index contributed by atoms with van der Waals surface area (Å²) in [7, 11) is -0.716. The summed E-state index contributed by atoms with van der Waals surface area (Å²) < 4.78 is 26.0. The van der Waals surface area contributed by atoms with E-state index in [9.17, 15) is 4.39 Å². The highest BCUT2D eigenvalue weighted by Crippen LogP contribution is 2.37. The van der Waals surface area contributed by atoms with E-state index in [4.69, 9.17) is 9.31 Å². The van der Waals surface area contributed by atoms with Gasteiger partial charge >= 0.3 is 7.12 Å². The maximum atomic E-state index is 14.2. The molecule has 0 radical (unpaired) electrons. The number of aromatic amines is 1. The highest BCUT2D eigenvalue weighted by molar-refractivity contribution is 6.65. The van der Waals surface area contributed by atoms with Crippen LogP contribution in [0.25, 0.3) is 10.9 Å².